The number of methoxy groups -OCH3 is 1. The molecule has 0 aromatic heterocycles. The number of benzene rings is 1. The average molecular weight is 281 g/mol. The number of hydrogen-bond acceptors (Lipinski definition) is 4. The van der Waals surface area contributed by atoms with E-state index in [2.05, 4.69) is 10.1 Å². The van der Waals surface area contributed by atoms with Gasteiger partial charge in [0.15, 0.2) is 0 Å². The van der Waals surface area contributed by atoms with Crippen molar-refractivity contribution in [2.45, 2.75) is 19.4 Å². The van der Waals surface area contributed by atoms with Gasteiger partial charge in [-0.05, 0) is 31.0 Å². The monoisotopic (exact) mass is 281 g/mol. The van der Waals surface area contributed by atoms with Crippen LogP contribution in [-0.2, 0) is 9.53 Å². The minimum Gasteiger partial charge on any atom is -0.481 e. The molecule has 2 unspecified atom stereocenters. The van der Waals surface area contributed by atoms with Crippen molar-refractivity contribution in [1.29, 1.82) is 0 Å². The second kappa shape index (κ2) is 5.58. The van der Waals surface area contributed by atoms with Gasteiger partial charge < -0.3 is 15.2 Å². The van der Waals surface area contributed by atoms with E-state index in [0.29, 0.717) is 29.7 Å². The molecule has 1 heterocycles. The van der Waals surface area contributed by atoms with E-state index in [4.69, 9.17) is 5.11 Å². The SMILES string of the molecule is COC(=O)c1cc(C2CC(C(=O)O)CN2)c(F)cc1C. The van der Waals surface area contributed by atoms with Crippen molar-refractivity contribution >= 4 is 11.9 Å². The Labute approximate surface area is 115 Å². The van der Waals surface area contributed by atoms with Gasteiger partial charge in [0, 0.05) is 18.2 Å². The molecule has 20 heavy (non-hydrogen) atoms. The molecule has 2 atom stereocenters. The van der Waals surface area contributed by atoms with Gasteiger partial charge in [0.25, 0.3) is 0 Å². The number of esters is 1. The van der Waals surface area contributed by atoms with Gasteiger partial charge in [-0.3, -0.25) is 4.79 Å². The van der Waals surface area contributed by atoms with Gasteiger partial charge in [-0.25, -0.2) is 9.18 Å². The predicted molar refractivity (Wildman–Crippen MR) is 69.0 cm³/mol. The lowest BCUT2D eigenvalue weighted by atomic mass is 9.96. The molecule has 5 nitrogen and oxygen atoms in total. The number of carboxylic acid groups (broad SMARTS) is 1. The van der Waals surface area contributed by atoms with Crippen LogP contribution in [0.1, 0.15) is 33.9 Å². The van der Waals surface area contributed by atoms with Gasteiger partial charge in [0.1, 0.15) is 5.82 Å². The third-order valence-electron chi connectivity index (χ3n) is 3.60. The zero-order valence-electron chi connectivity index (χ0n) is 11.3. The van der Waals surface area contributed by atoms with Crippen molar-refractivity contribution in [1.82, 2.24) is 5.32 Å². The molecule has 2 N–H and O–H groups in total. The van der Waals surface area contributed by atoms with Crippen molar-refractivity contribution < 1.29 is 23.8 Å². The van der Waals surface area contributed by atoms with Crippen LogP contribution in [0.2, 0.25) is 0 Å². The van der Waals surface area contributed by atoms with E-state index in [1.165, 1.54) is 19.2 Å². The number of carbonyl (C=O) groups is 2. The number of carboxylic acids is 1. The fraction of sp³-hybridized carbons (Fsp3) is 0.429. The van der Waals surface area contributed by atoms with E-state index in [1.54, 1.807) is 6.92 Å². The largest absolute Gasteiger partial charge is 0.481 e. The lowest BCUT2D eigenvalue weighted by Crippen LogP contribution is -2.18. The molecule has 0 radical (unpaired) electrons. The number of nitrogens with one attached hydrogen (secondary N) is 1. The Hall–Kier alpha value is -1.95. The molecule has 1 aromatic rings. The topological polar surface area (TPSA) is 75.6 Å². The van der Waals surface area contributed by atoms with Crippen molar-refractivity contribution in [3.8, 4) is 0 Å². The molecule has 2 rings (SSSR count). The molecule has 1 aromatic carbocycles. The van der Waals surface area contributed by atoms with E-state index in [1.807, 2.05) is 0 Å². The molecule has 0 saturated carbocycles. The Kier molecular flexibility index (Phi) is 4.04. The maximum Gasteiger partial charge on any atom is 0.338 e. The van der Waals surface area contributed by atoms with E-state index in [9.17, 15) is 14.0 Å². The number of aliphatic carboxylic acids is 1. The molecular formula is C14H16FNO4. The summed E-state index contributed by atoms with van der Waals surface area (Å²) < 4.78 is 18.7. The highest BCUT2D eigenvalue weighted by Gasteiger charge is 2.32. The van der Waals surface area contributed by atoms with Crippen molar-refractivity contribution in [3.05, 3.63) is 34.6 Å². The zero-order chi connectivity index (χ0) is 14.9. The molecule has 108 valence electrons. The molecule has 1 fully saturated rings. The summed E-state index contributed by atoms with van der Waals surface area (Å²) in [6.45, 7) is 1.92. The molecule has 0 bridgehead atoms. The van der Waals surface area contributed by atoms with E-state index in [-0.39, 0.29) is 0 Å². The summed E-state index contributed by atoms with van der Waals surface area (Å²) in [6.07, 6.45) is 0.302. The zero-order valence-corrected chi connectivity index (χ0v) is 11.3. The van der Waals surface area contributed by atoms with E-state index in [0.717, 1.165) is 0 Å². The highest BCUT2D eigenvalue weighted by Crippen LogP contribution is 2.30. The van der Waals surface area contributed by atoms with Crippen LogP contribution >= 0.6 is 0 Å². The molecule has 1 aliphatic rings. The number of carbonyl (C=O) groups excluding carboxylic acids is 1. The Bertz CT molecular complexity index is 558. The first kappa shape index (κ1) is 14.5. The molecule has 0 amide bonds. The highest BCUT2D eigenvalue weighted by molar-refractivity contribution is 5.91. The quantitative estimate of drug-likeness (QED) is 0.824. The molecule has 0 aliphatic carbocycles. The fourth-order valence-electron chi connectivity index (χ4n) is 2.45. The third-order valence-corrected chi connectivity index (χ3v) is 3.60. The molecule has 6 heteroatoms. The number of halogens is 1. The fourth-order valence-corrected chi connectivity index (χ4v) is 2.45. The van der Waals surface area contributed by atoms with Crippen molar-refractivity contribution in [3.63, 3.8) is 0 Å². The molecule has 1 saturated heterocycles. The van der Waals surface area contributed by atoms with Gasteiger partial charge in [0.2, 0.25) is 0 Å². The van der Waals surface area contributed by atoms with Gasteiger partial charge in [-0.1, -0.05) is 0 Å². The van der Waals surface area contributed by atoms with Crippen LogP contribution < -0.4 is 5.32 Å². The van der Waals surface area contributed by atoms with E-state index < -0.39 is 29.7 Å². The molecular weight excluding hydrogens is 265 g/mol. The van der Waals surface area contributed by atoms with Crippen molar-refractivity contribution in [2.24, 2.45) is 5.92 Å². The Morgan fingerprint density at radius 1 is 1.45 bits per heavy atom. The summed E-state index contributed by atoms with van der Waals surface area (Å²) in [5.41, 5.74) is 1.09. The third kappa shape index (κ3) is 2.65. The molecule has 0 spiro atoms. The second-order valence-electron chi connectivity index (χ2n) is 4.91. The molecule has 1 aliphatic heterocycles. The first-order valence-electron chi connectivity index (χ1n) is 6.28. The summed E-state index contributed by atoms with van der Waals surface area (Å²) in [5.74, 6) is -2.42. The maximum absolute atomic E-state index is 14.0. The van der Waals surface area contributed by atoms with Crippen LogP contribution in [0.3, 0.4) is 0 Å². The normalized spacial score (nSPS) is 21.8. The van der Waals surface area contributed by atoms with Crippen molar-refractivity contribution in [2.75, 3.05) is 13.7 Å². The Morgan fingerprint density at radius 2 is 2.15 bits per heavy atom. The minimum atomic E-state index is -0.902. The van der Waals surface area contributed by atoms with Crippen LogP contribution in [0.15, 0.2) is 12.1 Å². The van der Waals surface area contributed by atoms with Crippen LogP contribution in [-0.4, -0.2) is 30.7 Å². The Morgan fingerprint density at radius 3 is 2.70 bits per heavy atom. The summed E-state index contributed by atoms with van der Waals surface area (Å²) in [7, 11) is 1.26. The average Bonchev–Trinajstić information content (AvgIpc) is 2.87. The summed E-state index contributed by atoms with van der Waals surface area (Å²) >= 11 is 0. The first-order valence-corrected chi connectivity index (χ1v) is 6.28. The summed E-state index contributed by atoms with van der Waals surface area (Å²) in [4.78, 5) is 22.6. The van der Waals surface area contributed by atoms with E-state index >= 15 is 0 Å². The van der Waals surface area contributed by atoms with Gasteiger partial charge in [0.05, 0.1) is 18.6 Å². The predicted octanol–water partition coefficient (Wildman–Crippen LogP) is 1.66. The van der Waals surface area contributed by atoms with Gasteiger partial charge in [-0.2, -0.15) is 0 Å². The minimum absolute atomic E-state index is 0.293. The maximum atomic E-state index is 14.0. The second-order valence-corrected chi connectivity index (χ2v) is 4.91. The van der Waals surface area contributed by atoms with Crippen LogP contribution in [0.25, 0.3) is 0 Å². The standard InChI is InChI=1S/C14H16FNO4/c1-7-3-11(15)10(5-9(7)14(19)20-2)12-4-8(6-16-12)13(17)18/h3,5,8,12,16H,4,6H2,1-2H3,(H,17,18). The smallest absolute Gasteiger partial charge is 0.338 e. The highest BCUT2D eigenvalue weighted by atomic mass is 19.1. The summed E-state index contributed by atoms with van der Waals surface area (Å²) in [5, 5.41) is 11.9. The lowest BCUT2D eigenvalue weighted by Gasteiger charge is -2.14. The number of ether oxygens (including phenoxy) is 1. The lowest BCUT2D eigenvalue weighted by molar-refractivity contribution is -0.141. The Balaban J connectivity index is 2.33. The number of rotatable bonds is 3. The summed E-state index contributed by atoms with van der Waals surface area (Å²) in [6, 6.07) is 2.32. The van der Waals surface area contributed by atoms with Crippen LogP contribution in [0.4, 0.5) is 4.39 Å². The van der Waals surface area contributed by atoms with Gasteiger partial charge >= 0.3 is 11.9 Å². The number of hydrogen-bond donors (Lipinski definition) is 2. The number of aryl methyl sites for hydroxylation is 1. The van der Waals surface area contributed by atoms with Crippen LogP contribution in [0.5, 0.6) is 0 Å². The first-order chi connectivity index (χ1) is 9.43. The van der Waals surface area contributed by atoms with Crippen LogP contribution in [0, 0.1) is 18.7 Å². The van der Waals surface area contributed by atoms with Gasteiger partial charge in [-0.15, -0.1) is 0 Å².